The highest BCUT2D eigenvalue weighted by Gasteiger charge is 2.39. The van der Waals surface area contributed by atoms with E-state index >= 15 is 0 Å². The Kier molecular flexibility index (Phi) is 28.5. The molecule has 0 aliphatic rings. The number of nitro groups is 2. The van der Waals surface area contributed by atoms with Crippen molar-refractivity contribution in [2.45, 2.75) is 128 Å². The number of carbonyl (C=O) groups is 11. The molecule has 2 aromatic heterocycles. The van der Waals surface area contributed by atoms with Crippen LogP contribution in [0.25, 0.3) is 21.9 Å². The van der Waals surface area contributed by atoms with E-state index in [2.05, 4.69) is 47.5 Å². The van der Waals surface area contributed by atoms with Crippen LogP contribution in [0.2, 0.25) is 0 Å². The molecule has 95 heavy (non-hydrogen) atoms. The van der Waals surface area contributed by atoms with Gasteiger partial charge < -0.3 is 77.7 Å². The Labute approximate surface area is 536 Å². The quantitative estimate of drug-likeness (QED) is 0.0120. The number of aromatic nitrogens is 1. The zero-order valence-corrected chi connectivity index (χ0v) is 51.6. The molecule has 36 heteroatoms. The van der Waals surface area contributed by atoms with E-state index in [0.717, 1.165) is 18.2 Å². The number of methoxy groups -OCH3 is 1. The third-order valence-corrected chi connectivity index (χ3v) is 14.0. The number of para-hydroxylation sites is 1. The van der Waals surface area contributed by atoms with Crippen LogP contribution in [0.1, 0.15) is 83.8 Å². The van der Waals surface area contributed by atoms with Crippen molar-refractivity contribution in [1.82, 2.24) is 42.2 Å². The maximum atomic E-state index is 14.0. The van der Waals surface area contributed by atoms with Gasteiger partial charge in [0.25, 0.3) is 11.4 Å². The van der Waals surface area contributed by atoms with E-state index in [1.165, 1.54) is 33.1 Å². The van der Waals surface area contributed by atoms with Gasteiger partial charge in [0.05, 0.1) is 42.4 Å². The van der Waals surface area contributed by atoms with E-state index in [-0.39, 0.29) is 67.8 Å². The van der Waals surface area contributed by atoms with E-state index < -0.39 is 166 Å². The van der Waals surface area contributed by atoms with Crippen molar-refractivity contribution in [2.24, 2.45) is 17.6 Å². The number of benzene rings is 3. The molecule has 8 amide bonds. The first kappa shape index (κ1) is 76.2. The number of fused-ring (bicyclic) bond motifs is 2. The predicted octanol–water partition coefficient (Wildman–Crippen LogP) is 2.35. The average molecular weight is 1340 g/mol. The number of aliphatic carboxylic acids is 3. The summed E-state index contributed by atoms with van der Waals surface area (Å²) in [7, 11) is 1.42. The number of H-pyrrole nitrogens is 1. The number of primary amides is 1. The minimum atomic E-state index is -5.08. The molecule has 0 saturated carbocycles. The maximum absolute atomic E-state index is 14.0. The molecule has 0 bridgehead atoms. The van der Waals surface area contributed by atoms with Crippen molar-refractivity contribution >= 4 is 104 Å². The first-order chi connectivity index (χ1) is 44.6. The van der Waals surface area contributed by atoms with Gasteiger partial charge in [-0.3, -0.25) is 68.2 Å². The Hall–Kier alpha value is -11.2. The van der Waals surface area contributed by atoms with Gasteiger partial charge in [-0.15, -0.1) is 0 Å². The highest BCUT2D eigenvalue weighted by atomic mass is 19.4. The molecule has 2 heterocycles. The van der Waals surface area contributed by atoms with Crippen molar-refractivity contribution in [1.29, 1.82) is 0 Å². The standard InChI is InChI=1S/C57H70N12O19.C2HF3O2/c1-29(2)20-41(62-46(70)22-31-23-50(76)88-45-25-34(87-5)14-15-36(31)45)55(80)65-40(17-18-48(72)73)54(79)67-51(30(3)4)57(82)66-43(26-49(74)75)53(78)61-28-47(71)63-42(21-32-27-60-37-11-7-6-10-35(32)37)56(81)64-39(52(58)77)12-8-9-19-59-38-16-13-33(68(83)84)24-44(38)69(85)86;3-2(4,5)1(6)7/h6-7,10-11,13-16,23-25,27,29-30,39-43,51,59-60H,8-9,12,17-22,26,28H2,1-5H3,(H2,58,77)(H,61,78)(H,62,70)(H,63,71)(H,64,81)(H,65,80)(H,66,82)(H,67,79)(H,72,73)(H,74,75);(H,6,7)/t39-,40-,41-,42-,43-,51-;/m0./s1. The number of alkyl halides is 3. The fourth-order valence-corrected chi connectivity index (χ4v) is 9.30. The molecule has 3 aromatic carbocycles. The van der Waals surface area contributed by atoms with Gasteiger partial charge in [-0.2, -0.15) is 13.2 Å². The van der Waals surface area contributed by atoms with Gasteiger partial charge in [0, 0.05) is 60.1 Å². The number of anilines is 1. The Morgan fingerprint density at radius 1 is 0.684 bits per heavy atom. The van der Waals surface area contributed by atoms with Gasteiger partial charge in [-0.05, 0) is 79.3 Å². The number of carbonyl (C=O) groups excluding carboxylic acids is 8. The third-order valence-electron chi connectivity index (χ3n) is 14.0. The molecular formula is C59H71F3N12O21. The van der Waals surface area contributed by atoms with E-state index in [1.807, 2.05) is 0 Å². The summed E-state index contributed by atoms with van der Waals surface area (Å²) in [6.07, 6.45) is -5.79. The molecule has 5 aromatic rings. The number of carboxylic acid groups (broad SMARTS) is 3. The number of non-ortho nitro benzene ring substituents is 1. The van der Waals surface area contributed by atoms with Crippen LogP contribution < -0.4 is 58.6 Å². The van der Waals surface area contributed by atoms with Crippen molar-refractivity contribution in [3.8, 4) is 5.75 Å². The minimum absolute atomic E-state index is 0.00741. The van der Waals surface area contributed by atoms with Crippen LogP contribution in [-0.2, 0) is 65.6 Å². The lowest BCUT2D eigenvalue weighted by atomic mass is 10.00. The van der Waals surface area contributed by atoms with Crippen LogP contribution in [-0.4, -0.2) is 158 Å². The monoisotopic (exact) mass is 1340 g/mol. The molecule has 514 valence electrons. The topological polar surface area (TPSA) is 512 Å². The molecule has 0 fully saturated rings. The molecule has 14 N–H and O–H groups in total. The Bertz CT molecular complexity index is 3730. The molecule has 33 nitrogen and oxygen atoms in total. The van der Waals surface area contributed by atoms with E-state index in [4.69, 9.17) is 24.8 Å². The number of aromatic amines is 1. The second-order valence-corrected chi connectivity index (χ2v) is 22.1. The van der Waals surface area contributed by atoms with Gasteiger partial charge in [0.15, 0.2) is 0 Å². The Morgan fingerprint density at radius 2 is 1.32 bits per heavy atom. The molecule has 6 atom stereocenters. The summed E-state index contributed by atoms with van der Waals surface area (Å²) >= 11 is 0. The summed E-state index contributed by atoms with van der Waals surface area (Å²) in [5.41, 5.74) is 5.54. The van der Waals surface area contributed by atoms with Gasteiger partial charge >= 0.3 is 29.7 Å². The van der Waals surface area contributed by atoms with Crippen LogP contribution in [0.5, 0.6) is 5.75 Å². The molecule has 0 saturated heterocycles. The largest absolute Gasteiger partial charge is 0.497 e. The number of carboxylic acids is 3. The molecule has 0 radical (unpaired) electrons. The van der Waals surface area contributed by atoms with Crippen molar-refractivity contribution in [2.75, 3.05) is 25.5 Å². The third kappa shape index (κ3) is 24.4. The second-order valence-electron chi connectivity index (χ2n) is 22.1. The Balaban J connectivity index is 0.00000259. The lowest BCUT2D eigenvalue weighted by Gasteiger charge is -2.28. The van der Waals surface area contributed by atoms with Crippen molar-refractivity contribution in [3.63, 3.8) is 0 Å². The number of ether oxygens (including phenoxy) is 1. The summed E-state index contributed by atoms with van der Waals surface area (Å²) in [5, 5.41) is 70.2. The summed E-state index contributed by atoms with van der Waals surface area (Å²) in [5.74, 6) is -14.1. The van der Waals surface area contributed by atoms with Gasteiger partial charge in [0.1, 0.15) is 53.3 Å². The maximum Gasteiger partial charge on any atom is 0.490 e. The van der Waals surface area contributed by atoms with Crippen LogP contribution in [0.4, 0.5) is 30.2 Å². The van der Waals surface area contributed by atoms with E-state index in [0.29, 0.717) is 27.6 Å². The first-order valence-electron chi connectivity index (χ1n) is 29.0. The van der Waals surface area contributed by atoms with E-state index in [1.54, 1.807) is 56.4 Å². The predicted molar refractivity (Wildman–Crippen MR) is 328 cm³/mol. The SMILES string of the molecule is COc1ccc2c(CC(=O)N[C@@H](CC(C)C)C(=O)N[C@@H](CCC(=O)O)C(=O)N[C@H](C(=O)N[C@@H](CC(=O)O)C(=O)NCC(=O)N[C@@H](Cc3c[nH]c4ccccc34)C(=O)N[C@@H](CCCCNc3ccc([N+](=O)[O-])cc3[N+](=O)[O-])C(N)=O)C(C)C)cc(=O)oc2c1.O=C(O)C(F)(F)F. The molecule has 5 rings (SSSR count). The summed E-state index contributed by atoms with van der Waals surface area (Å²) in [4.78, 5) is 179. The first-order valence-corrected chi connectivity index (χ1v) is 29.0. The lowest BCUT2D eigenvalue weighted by Crippen LogP contribution is -2.60. The van der Waals surface area contributed by atoms with Gasteiger partial charge in [0.2, 0.25) is 47.3 Å². The average Bonchev–Trinajstić information content (AvgIpc) is 1.76. The van der Waals surface area contributed by atoms with Gasteiger partial charge in [-0.25, -0.2) is 9.59 Å². The van der Waals surface area contributed by atoms with Gasteiger partial charge in [-0.1, -0.05) is 45.9 Å². The van der Waals surface area contributed by atoms with Crippen LogP contribution in [0.3, 0.4) is 0 Å². The second kappa shape index (κ2) is 35.6. The number of hydrogen-bond donors (Lipinski definition) is 13. The van der Waals surface area contributed by atoms with Crippen LogP contribution in [0, 0.1) is 32.1 Å². The van der Waals surface area contributed by atoms with E-state index in [9.17, 15) is 96.4 Å². The highest BCUT2D eigenvalue weighted by Crippen LogP contribution is 2.29. The number of rotatable bonds is 35. The van der Waals surface area contributed by atoms with Crippen molar-refractivity contribution in [3.05, 3.63) is 115 Å². The number of nitro benzene ring substituents is 2. The Morgan fingerprint density at radius 3 is 1.92 bits per heavy atom. The summed E-state index contributed by atoms with van der Waals surface area (Å²) < 4.78 is 42.2. The minimum Gasteiger partial charge on any atom is -0.497 e. The number of halogens is 3. The number of nitrogens with one attached hydrogen (secondary N) is 9. The smallest absolute Gasteiger partial charge is 0.490 e. The van der Waals surface area contributed by atoms with Crippen molar-refractivity contribution < 1.29 is 100 Å². The molecular weight excluding hydrogens is 1270 g/mol. The number of nitrogens with zero attached hydrogens (tertiary/aromatic N) is 2. The lowest BCUT2D eigenvalue weighted by molar-refractivity contribution is -0.393. The zero-order valence-electron chi connectivity index (χ0n) is 51.6. The highest BCUT2D eigenvalue weighted by molar-refractivity contribution is 5.99. The normalized spacial score (nSPS) is 13.0. The molecule has 0 spiro atoms. The molecule has 0 aliphatic heterocycles. The molecule has 0 unspecified atom stereocenters. The summed E-state index contributed by atoms with van der Waals surface area (Å²) in [6.45, 7) is 5.67. The summed E-state index contributed by atoms with van der Waals surface area (Å²) in [6, 6.07) is 6.71. The molecule has 0 aliphatic carbocycles. The zero-order chi connectivity index (χ0) is 71.0. The number of hydrogen-bond acceptors (Lipinski definition) is 19. The van der Waals surface area contributed by atoms with Crippen LogP contribution in [0.15, 0.2) is 82.1 Å². The fourth-order valence-electron chi connectivity index (χ4n) is 9.30. The number of amides is 8. The number of unbranched alkanes of at least 4 members (excludes halogenated alkanes) is 1. The fraction of sp³-hybridized carbons (Fsp3) is 0.424. The van der Waals surface area contributed by atoms with Crippen LogP contribution >= 0.6 is 0 Å². The number of nitrogens with two attached hydrogens (primary N) is 1.